The molecule has 2 aromatic rings. The fraction of sp³-hybridized carbons (Fsp3) is 0.176. The minimum Gasteiger partial charge on any atom is -0.507 e. The van der Waals surface area contributed by atoms with Gasteiger partial charge in [0, 0.05) is 11.3 Å². The molecule has 0 aliphatic rings. The summed E-state index contributed by atoms with van der Waals surface area (Å²) < 4.78 is 0. The quantitative estimate of drug-likeness (QED) is 0.586. The van der Waals surface area contributed by atoms with Crippen LogP contribution in [0, 0.1) is 13.8 Å². The number of nitrogens with zero attached hydrogens (tertiary/aromatic N) is 1. The molecule has 1 amide bonds. The zero-order valence-corrected chi connectivity index (χ0v) is 12.6. The van der Waals surface area contributed by atoms with Gasteiger partial charge in [-0.3, -0.25) is 4.79 Å². The zero-order chi connectivity index (χ0) is 15.9. The molecule has 0 unspecified atom stereocenters. The van der Waals surface area contributed by atoms with Crippen LogP contribution >= 0.6 is 0 Å². The first-order valence-electron chi connectivity index (χ1n) is 6.96. The standard InChI is InChI=1S/C17H19N3O2/c1-12-3-6-15(7-4-12)18-11-17(22)20-19-10-14-9-13(2)5-8-16(14)21/h3-10,18,21H,11H2,1-2H3,(H,20,22)/b19-10-. The Bertz CT molecular complexity index is 679. The number of hydrazone groups is 1. The van der Waals surface area contributed by atoms with E-state index in [1.807, 2.05) is 38.1 Å². The van der Waals surface area contributed by atoms with Gasteiger partial charge in [0.15, 0.2) is 0 Å². The molecular weight excluding hydrogens is 278 g/mol. The summed E-state index contributed by atoms with van der Waals surface area (Å²) in [6, 6.07) is 13.0. The number of carbonyl (C=O) groups is 1. The number of hydrogen-bond donors (Lipinski definition) is 3. The molecule has 2 rings (SSSR count). The monoisotopic (exact) mass is 297 g/mol. The lowest BCUT2D eigenvalue weighted by Gasteiger charge is -2.05. The molecule has 5 heteroatoms. The van der Waals surface area contributed by atoms with Gasteiger partial charge in [0.2, 0.25) is 0 Å². The molecule has 3 N–H and O–H groups in total. The molecule has 0 saturated carbocycles. The Kier molecular flexibility index (Phi) is 5.14. The zero-order valence-electron chi connectivity index (χ0n) is 12.6. The summed E-state index contributed by atoms with van der Waals surface area (Å²) in [6.45, 7) is 4.05. The molecule has 0 aromatic heterocycles. The highest BCUT2D eigenvalue weighted by atomic mass is 16.3. The lowest BCUT2D eigenvalue weighted by molar-refractivity contribution is -0.119. The number of phenolic OH excluding ortho intramolecular Hbond substituents is 1. The lowest BCUT2D eigenvalue weighted by Crippen LogP contribution is -2.25. The predicted octanol–water partition coefficient (Wildman–Crippen LogP) is 2.57. The Balaban J connectivity index is 1.83. The van der Waals surface area contributed by atoms with E-state index in [9.17, 15) is 9.90 Å². The molecule has 2 aromatic carbocycles. The van der Waals surface area contributed by atoms with Crippen LogP contribution in [0.1, 0.15) is 16.7 Å². The molecule has 0 spiro atoms. The SMILES string of the molecule is Cc1ccc(NCC(=O)N/N=C\c2cc(C)ccc2O)cc1. The Morgan fingerprint density at radius 3 is 2.55 bits per heavy atom. The van der Waals surface area contributed by atoms with Gasteiger partial charge in [0.05, 0.1) is 12.8 Å². The van der Waals surface area contributed by atoms with E-state index in [0.717, 1.165) is 16.8 Å². The van der Waals surface area contributed by atoms with Crippen LogP contribution in [0.25, 0.3) is 0 Å². The van der Waals surface area contributed by atoms with E-state index in [1.54, 1.807) is 18.2 Å². The summed E-state index contributed by atoms with van der Waals surface area (Å²) in [5, 5.41) is 16.5. The topological polar surface area (TPSA) is 73.7 Å². The number of phenols is 1. The third-order valence-electron chi connectivity index (χ3n) is 3.08. The van der Waals surface area contributed by atoms with E-state index in [1.165, 1.54) is 6.21 Å². The van der Waals surface area contributed by atoms with Crippen molar-refractivity contribution in [3.8, 4) is 5.75 Å². The van der Waals surface area contributed by atoms with Crippen molar-refractivity contribution in [3.05, 3.63) is 59.2 Å². The second kappa shape index (κ2) is 7.26. The van der Waals surface area contributed by atoms with Crippen molar-refractivity contribution in [2.24, 2.45) is 5.10 Å². The highest BCUT2D eigenvalue weighted by molar-refractivity contribution is 5.86. The average Bonchev–Trinajstić information content (AvgIpc) is 2.50. The Morgan fingerprint density at radius 1 is 1.14 bits per heavy atom. The summed E-state index contributed by atoms with van der Waals surface area (Å²) in [5.74, 6) is -0.134. The number of hydrogen-bond acceptors (Lipinski definition) is 4. The molecule has 0 radical (unpaired) electrons. The van der Waals surface area contributed by atoms with Crippen molar-refractivity contribution in [1.82, 2.24) is 5.43 Å². The van der Waals surface area contributed by atoms with Gasteiger partial charge in [-0.1, -0.05) is 29.3 Å². The van der Waals surface area contributed by atoms with E-state index in [-0.39, 0.29) is 18.2 Å². The van der Waals surface area contributed by atoms with Gasteiger partial charge in [-0.15, -0.1) is 0 Å². The highest BCUT2D eigenvalue weighted by Gasteiger charge is 2.01. The van der Waals surface area contributed by atoms with Crippen LogP contribution in [0.2, 0.25) is 0 Å². The van der Waals surface area contributed by atoms with E-state index in [2.05, 4.69) is 15.8 Å². The third-order valence-corrected chi connectivity index (χ3v) is 3.08. The predicted molar refractivity (Wildman–Crippen MR) is 88.2 cm³/mol. The van der Waals surface area contributed by atoms with Crippen LogP contribution in [-0.4, -0.2) is 23.8 Å². The first kappa shape index (κ1) is 15.6. The number of aryl methyl sites for hydroxylation is 2. The number of carbonyl (C=O) groups excluding carboxylic acids is 1. The lowest BCUT2D eigenvalue weighted by atomic mass is 10.1. The van der Waals surface area contributed by atoms with Gasteiger partial charge in [0.1, 0.15) is 5.75 Å². The third kappa shape index (κ3) is 4.63. The van der Waals surface area contributed by atoms with Crippen molar-refractivity contribution in [1.29, 1.82) is 0 Å². The summed E-state index contributed by atoms with van der Waals surface area (Å²) in [4.78, 5) is 11.7. The fourth-order valence-electron chi connectivity index (χ4n) is 1.84. The van der Waals surface area contributed by atoms with Crippen molar-refractivity contribution < 1.29 is 9.90 Å². The Hall–Kier alpha value is -2.82. The maximum absolute atomic E-state index is 11.7. The second-order valence-corrected chi connectivity index (χ2v) is 5.08. The van der Waals surface area contributed by atoms with Gasteiger partial charge in [-0.25, -0.2) is 5.43 Å². The fourth-order valence-corrected chi connectivity index (χ4v) is 1.84. The summed E-state index contributed by atoms with van der Waals surface area (Å²) in [6.07, 6.45) is 1.42. The summed E-state index contributed by atoms with van der Waals surface area (Å²) in [5.41, 5.74) is 6.02. The minimum absolute atomic E-state index is 0.125. The van der Waals surface area contributed by atoms with Gasteiger partial charge in [-0.2, -0.15) is 5.10 Å². The van der Waals surface area contributed by atoms with Crippen LogP contribution in [0.15, 0.2) is 47.6 Å². The first-order chi connectivity index (χ1) is 10.5. The van der Waals surface area contributed by atoms with E-state index in [0.29, 0.717) is 5.56 Å². The molecule has 0 aliphatic carbocycles. The summed E-state index contributed by atoms with van der Waals surface area (Å²) >= 11 is 0. The van der Waals surface area contributed by atoms with Crippen molar-refractivity contribution in [3.63, 3.8) is 0 Å². The molecule has 0 fully saturated rings. The van der Waals surface area contributed by atoms with Crippen LogP contribution in [0.5, 0.6) is 5.75 Å². The molecule has 114 valence electrons. The number of amides is 1. The maximum atomic E-state index is 11.7. The molecule has 0 bridgehead atoms. The summed E-state index contributed by atoms with van der Waals surface area (Å²) in [7, 11) is 0. The van der Waals surface area contributed by atoms with Gasteiger partial charge >= 0.3 is 0 Å². The normalized spacial score (nSPS) is 10.6. The first-order valence-corrected chi connectivity index (χ1v) is 6.96. The smallest absolute Gasteiger partial charge is 0.259 e. The van der Waals surface area contributed by atoms with Gasteiger partial charge < -0.3 is 10.4 Å². The van der Waals surface area contributed by atoms with Gasteiger partial charge in [-0.05, 0) is 38.1 Å². The average molecular weight is 297 g/mol. The molecule has 0 aliphatic heterocycles. The Morgan fingerprint density at radius 2 is 1.82 bits per heavy atom. The molecule has 22 heavy (non-hydrogen) atoms. The minimum atomic E-state index is -0.260. The largest absolute Gasteiger partial charge is 0.507 e. The van der Waals surface area contributed by atoms with Crippen LogP contribution in [0.3, 0.4) is 0 Å². The van der Waals surface area contributed by atoms with Crippen LogP contribution in [0.4, 0.5) is 5.69 Å². The number of anilines is 1. The van der Waals surface area contributed by atoms with Crippen LogP contribution < -0.4 is 10.7 Å². The van der Waals surface area contributed by atoms with Crippen molar-refractivity contribution in [2.45, 2.75) is 13.8 Å². The highest BCUT2D eigenvalue weighted by Crippen LogP contribution is 2.15. The van der Waals surface area contributed by atoms with E-state index in [4.69, 9.17) is 0 Å². The van der Waals surface area contributed by atoms with Crippen LogP contribution in [-0.2, 0) is 4.79 Å². The number of aromatic hydroxyl groups is 1. The molecule has 5 nitrogen and oxygen atoms in total. The second-order valence-electron chi connectivity index (χ2n) is 5.08. The van der Waals surface area contributed by atoms with E-state index >= 15 is 0 Å². The van der Waals surface area contributed by atoms with Gasteiger partial charge in [0.25, 0.3) is 5.91 Å². The number of benzene rings is 2. The number of rotatable bonds is 5. The molecule has 0 saturated heterocycles. The van der Waals surface area contributed by atoms with Crippen molar-refractivity contribution in [2.75, 3.05) is 11.9 Å². The van der Waals surface area contributed by atoms with Crippen molar-refractivity contribution >= 4 is 17.8 Å². The Labute approximate surface area is 129 Å². The number of nitrogens with one attached hydrogen (secondary N) is 2. The molecular formula is C17H19N3O2. The maximum Gasteiger partial charge on any atom is 0.259 e. The molecule has 0 heterocycles. The molecule has 0 atom stereocenters. The van der Waals surface area contributed by atoms with E-state index < -0.39 is 0 Å².